The number of hydrogen-bond acceptors (Lipinski definition) is 3. The van der Waals surface area contributed by atoms with E-state index in [1.807, 2.05) is 43.3 Å². The molecule has 0 spiro atoms. The highest BCUT2D eigenvalue weighted by Gasteiger charge is 2.38. The Morgan fingerprint density at radius 3 is 2.29 bits per heavy atom. The number of hydrogen-bond donors (Lipinski definition) is 1. The first-order chi connectivity index (χ1) is 14.9. The van der Waals surface area contributed by atoms with E-state index in [4.69, 9.17) is 11.6 Å². The van der Waals surface area contributed by atoms with Crippen LogP contribution >= 0.6 is 11.6 Å². The molecule has 0 fully saturated rings. The van der Waals surface area contributed by atoms with Crippen molar-refractivity contribution in [3.05, 3.63) is 88.9 Å². The summed E-state index contributed by atoms with van der Waals surface area (Å²) in [5.41, 5.74) is 2.96. The number of nitrogens with zero attached hydrogens (tertiary/aromatic N) is 2. The third-order valence-electron chi connectivity index (χ3n) is 5.65. The summed E-state index contributed by atoms with van der Waals surface area (Å²) >= 11 is 6.04. The van der Waals surface area contributed by atoms with Crippen molar-refractivity contribution in [3.63, 3.8) is 0 Å². The van der Waals surface area contributed by atoms with E-state index in [2.05, 4.69) is 0 Å². The van der Waals surface area contributed by atoms with Gasteiger partial charge < -0.3 is 14.9 Å². The van der Waals surface area contributed by atoms with Gasteiger partial charge in [-0.15, -0.1) is 0 Å². The SMILES string of the molecule is CC(=O)N(c1ccc(Cl)cc1)[C@H]1C[C@@H](C)N(C(=O)c2ccc(O)cc2)c2ccccc21. The Morgan fingerprint density at radius 2 is 1.65 bits per heavy atom. The number of fused-ring (bicyclic) bond motifs is 1. The number of anilines is 2. The summed E-state index contributed by atoms with van der Waals surface area (Å²) in [6, 6.07) is 20.8. The van der Waals surface area contributed by atoms with Gasteiger partial charge in [-0.25, -0.2) is 0 Å². The molecule has 0 aromatic heterocycles. The number of para-hydroxylation sites is 1. The fourth-order valence-electron chi connectivity index (χ4n) is 4.26. The minimum absolute atomic E-state index is 0.0763. The molecule has 31 heavy (non-hydrogen) atoms. The average molecular weight is 435 g/mol. The van der Waals surface area contributed by atoms with Gasteiger partial charge in [0.15, 0.2) is 0 Å². The van der Waals surface area contributed by atoms with Crippen molar-refractivity contribution >= 4 is 34.8 Å². The van der Waals surface area contributed by atoms with Gasteiger partial charge in [0, 0.05) is 34.9 Å². The second-order valence-corrected chi connectivity index (χ2v) is 8.18. The van der Waals surface area contributed by atoms with E-state index in [1.54, 1.807) is 41.0 Å². The van der Waals surface area contributed by atoms with Crippen LogP contribution < -0.4 is 9.80 Å². The monoisotopic (exact) mass is 434 g/mol. The second-order valence-electron chi connectivity index (χ2n) is 7.75. The standard InChI is InChI=1S/C25H23ClN2O3/c1-16-15-24(28(17(2)29)20-11-9-19(26)10-12-20)22-5-3-4-6-23(22)27(16)25(31)18-7-13-21(30)14-8-18/h3-14,16,24,30H,15H2,1-2H3/t16-,24+/m1/s1. The molecule has 6 heteroatoms. The Bertz CT molecular complexity index is 1110. The highest BCUT2D eigenvalue weighted by atomic mass is 35.5. The maximum absolute atomic E-state index is 13.4. The van der Waals surface area contributed by atoms with Crippen LogP contribution in [-0.2, 0) is 4.79 Å². The molecular weight excluding hydrogens is 412 g/mol. The molecule has 158 valence electrons. The van der Waals surface area contributed by atoms with Gasteiger partial charge in [0.05, 0.1) is 6.04 Å². The van der Waals surface area contributed by atoms with E-state index < -0.39 is 0 Å². The van der Waals surface area contributed by atoms with Gasteiger partial charge in [-0.05, 0) is 73.5 Å². The number of carbonyl (C=O) groups excluding carboxylic acids is 2. The van der Waals surface area contributed by atoms with E-state index in [0.29, 0.717) is 17.0 Å². The smallest absolute Gasteiger partial charge is 0.258 e. The number of benzene rings is 3. The Kier molecular flexibility index (Phi) is 5.70. The van der Waals surface area contributed by atoms with E-state index >= 15 is 0 Å². The number of rotatable bonds is 3. The summed E-state index contributed by atoms with van der Waals surface area (Å²) in [5, 5.41) is 10.2. The van der Waals surface area contributed by atoms with Crippen LogP contribution in [0.15, 0.2) is 72.8 Å². The molecule has 0 aliphatic carbocycles. The van der Waals surface area contributed by atoms with Crippen LogP contribution in [0.5, 0.6) is 5.75 Å². The van der Waals surface area contributed by atoms with Crippen LogP contribution in [0, 0.1) is 0 Å². The molecular formula is C25H23ClN2O3. The summed E-state index contributed by atoms with van der Waals surface area (Å²) in [6.07, 6.45) is 0.586. The fraction of sp³-hybridized carbons (Fsp3) is 0.200. The van der Waals surface area contributed by atoms with E-state index in [0.717, 1.165) is 16.9 Å². The maximum atomic E-state index is 13.4. The minimum Gasteiger partial charge on any atom is -0.508 e. The largest absolute Gasteiger partial charge is 0.508 e. The second kappa shape index (κ2) is 8.44. The van der Waals surface area contributed by atoms with Crippen molar-refractivity contribution in [2.45, 2.75) is 32.4 Å². The summed E-state index contributed by atoms with van der Waals surface area (Å²) in [6.45, 7) is 3.54. The third kappa shape index (κ3) is 4.01. The van der Waals surface area contributed by atoms with Crippen LogP contribution in [0.1, 0.15) is 42.2 Å². The molecule has 4 rings (SSSR count). The van der Waals surface area contributed by atoms with Crippen LogP contribution in [0.25, 0.3) is 0 Å². The number of phenolic OH excluding ortho intramolecular Hbond substituents is 1. The molecule has 0 radical (unpaired) electrons. The summed E-state index contributed by atoms with van der Waals surface area (Å²) < 4.78 is 0. The molecule has 0 saturated carbocycles. The molecule has 2 atom stereocenters. The summed E-state index contributed by atoms with van der Waals surface area (Å²) in [5.74, 6) is -0.101. The lowest BCUT2D eigenvalue weighted by atomic mass is 9.89. The van der Waals surface area contributed by atoms with Gasteiger partial charge in [-0.3, -0.25) is 9.59 Å². The molecule has 2 amide bonds. The first kappa shape index (κ1) is 20.9. The molecule has 0 unspecified atom stereocenters. The number of phenols is 1. The van der Waals surface area contributed by atoms with Crippen molar-refractivity contribution in [2.24, 2.45) is 0 Å². The fourth-order valence-corrected chi connectivity index (χ4v) is 4.39. The van der Waals surface area contributed by atoms with E-state index in [-0.39, 0.29) is 29.6 Å². The van der Waals surface area contributed by atoms with Crippen LogP contribution in [0.4, 0.5) is 11.4 Å². The van der Waals surface area contributed by atoms with Gasteiger partial charge in [-0.1, -0.05) is 29.8 Å². The van der Waals surface area contributed by atoms with Crippen LogP contribution in [-0.4, -0.2) is 23.0 Å². The number of halogens is 1. The van der Waals surface area contributed by atoms with Crippen molar-refractivity contribution in [1.29, 1.82) is 0 Å². The normalized spacial score (nSPS) is 17.7. The van der Waals surface area contributed by atoms with Crippen molar-refractivity contribution < 1.29 is 14.7 Å². The molecule has 5 nitrogen and oxygen atoms in total. The lowest BCUT2D eigenvalue weighted by Gasteiger charge is -2.43. The molecule has 3 aromatic rings. The molecule has 1 N–H and O–H groups in total. The van der Waals surface area contributed by atoms with E-state index in [9.17, 15) is 14.7 Å². The van der Waals surface area contributed by atoms with Crippen molar-refractivity contribution in [3.8, 4) is 5.75 Å². The molecule has 0 saturated heterocycles. The Morgan fingerprint density at radius 1 is 1.00 bits per heavy atom. The lowest BCUT2D eigenvalue weighted by molar-refractivity contribution is -0.117. The highest BCUT2D eigenvalue weighted by molar-refractivity contribution is 6.30. The topological polar surface area (TPSA) is 60.9 Å². The van der Waals surface area contributed by atoms with E-state index in [1.165, 1.54) is 12.1 Å². The van der Waals surface area contributed by atoms with Gasteiger partial charge >= 0.3 is 0 Å². The predicted molar refractivity (Wildman–Crippen MR) is 123 cm³/mol. The molecule has 3 aromatic carbocycles. The Hall–Kier alpha value is -3.31. The van der Waals surface area contributed by atoms with Gasteiger partial charge in [0.2, 0.25) is 5.91 Å². The first-order valence-electron chi connectivity index (χ1n) is 10.1. The first-order valence-corrected chi connectivity index (χ1v) is 10.5. The minimum atomic E-state index is -0.214. The summed E-state index contributed by atoms with van der Waals surface area (Å²) in [7, 11) is 0. The zero-order valence-corrected chi connectivity index (χ0v) is 18.1. The molecule has 1 heterocycles. The number of carbonyl (C=O) groups is 2. The maximum Gasteiger partial charge on any atom is 0.258 e. The number of aromatic hydroxyl groups is 1. The van der Waals surface area contributed by atoms with Crippen LogP contribution in [0.2, 0.25) is 5.02 Å². The zero-order valence-electron chi connectivity index (χ0n) is 17.3. The van der Waals surface area contributed by atoms with Gasteiger partial charge in [0.25, 0.3) is 5.91 Å². The quantitative estimate of drug-likeness (QED) is 0.585. The summed E-state index contributed by atoms with van der Waals surface area (Å²) in [4.78, 5) is 29.6. The number of amides is 2. The Balaban J connectivity index is 1.77. The average Bonchev–Trinajstić information content (AvgIpc) is 2.75. The van der Waals surface area contributed by atoms with Gasteiger partial charge in [0.1, 0.15) is 5.75 Å². The molecule has 1 aliphatic heterocycles. The molecule has 1 aliphatic rings. The van der Waals surface area contributed by atoms with Gasteiger partial charge in [-0.2, -0.15) is 0 Å². The Labute approximate surface area is 186 Å². The third-order valence-corrected chi connectivity index (χ3v) is 5.90. The highest BCUT2D eigenvalue weighted by Crippen LogP contribution is 2.42. The predicted octanol–water partition coefficient (Wildman–Crippen LogP) is 5.58. The lowest BCUT2D eigenvalue weighted by Crippen LogP contribution is -2.47. The van der Waals surface area contributed by atoms with Crippen LogP contribution in [0.3, 0.4) is 0 Å². The zero-order chi connectivity index (χ0) is 22.1. The molecule has 0 bridgehead atoms. The van der Waals surface area contributed by atoms with Crippen molar-refractivity contribution in [2.75, 3.05) is 9.80 Å². The van der Waals surface area contributed by atoms with Crippen molar-refractivity contribution in [1.82, 2.24) is 0 Å².